The second-order valence-electron chi connectivity index (χ2n) is 5.57. The molecule has 1 heterocycles. The molecule has 0 aliphatic carbocycles. The van der Waals surface area contributed by atoms with Crippen molar-refractivity contribution < 1.29 is 0 Å². The van der Waals surface area contributed by atoms with Gasteiger partial charge >= 0.3 is 0 Å². The second kappa shape index (κ2) is 5.98. The van der Waals surface area contributed by atoms with E-state index in [2.05, 4.69) is 6.07 Å². The summed E-state index contributed by atoms with van der Waals surface area (Å²) in [7, 11) is 0. The van der Waals surface area contributed by atoms with Crippen molar-refractivity contribution in [1.82, 2.24) is 4.98 Å². The van der Waals surface area contributed by atoms with Crippen LogP contribution in [-0.2, 0) is 0 Å². The van der Waals surface area contributed by atoms with Gasteiger partial charge in [0.15, 0.2) is 0 Å². The number of fused-ring (bicyclic) bond motifs is 1. The number of hydrogen-bond donors (Lipinski definition) is 0. The Labute approximate surface area is 140 Å². The fraction of sp³-hybridized carbons (Fsp3) is 0. The lowest BCUT2D eigenvalue weighted by molar-refractivity contribution is 1.38. The third-order valence-electron chi connectivity index (χ3n) is 4.11. The van der Waals surface area contributed by atoms with Gasteiger partial charge in [0, 0.05) is 16.5 Å². The van der Waals surface area contributed by atoms with Crippen molar-refractivity contribution in [3.63, 3.8) is 0 Å². The van der Waals surface area contributed by atoms with Crippen molar-refractivity contribution >= 4 is 10.9 Å². The van der Waals surface area contributed by atoms with Gasteiger partial charge in [-0.25, -0.2) is 4.98 Å². The van der Waals surface area contributed by atoms with Gasteiger partial charge in [0.1, 0.15) is 6.07 Å². The van der Waals surface area contributed by atoms with Crippen LogP contribution < -0.4 is 0 Å². The highest BCUT2D eigenvalue weighted by Crippen LogP contribution is 2.36. The average molecular weight is 306 g/mol. The van der Waals surface area contributed by atoms with Gasteiger partial charge in [0.25, 0.3) is 0 Å². The van der Waals surface area contributed by atoms with Crippen LogP contribution in [0.3, 0.4) is 0 Å². The van der Waals surface area contributed by atoms with Crippen LogP contribution in [0.5, 0.6) is 0 Å². The normalized spacial score (nSPS) is 10.5. The number of rotatable bonds is 2. The average Bonchev–Trinajstić information content (AvgIpc) is 2.67. The summed E-state index contributed by atoms with van der Waals surface area (Å²) in [6.07, 6.45) is 0. The van der Waals surface area contributed by atoms with Gasteiger partial charge in [-0.2, -0.15) is 5.26 Å². The molecule has 4 aromatic rings. The first-order valence-corrected chi connectivity index (χ1v) is 7.82. The van der Waals surface area contributed by atoms with Gasteiger partial charge in [-0.05, 0) is 11.6 Å². The summed E-state index contributed by atoms with van der Waals surface area (Å²) in [6.45, 7) is 0. The van der Waals surface area contributed by atoms with E-state index in [4.69, 9.17) is 4.98 Å². The lowest BCUT2D eigenvalue weighted by Crippen LogP contribution is -1.96. The zero-order chi connectivity index (χ0) is 16.4. The lowest BCUT2D eigenvalue weighted by Gasteiger charge is -2.14. The Morgan fingerprint density at radius 1 is 0.667 bits per heavy atom. The van der Waals surface area contributed by atoms with Crippen LogP contribution in [0, 0.1) is 11.3 Å². The molecule has 0 aliphatic heterocycles. The summed E-state index contributed by atoms with van der Waals surface area (Å²) in [5, 5.41) is 10.8. The molecule has 0 spiro atoms. The van der Waals surface area contributed by atoms with Crippen molar-refractivity contribution in [2.45, 2.75) is 0 Å². The Kier molecular flexibility index (Phi) is 3.53. The van der Waals surface area contributed by atoms with Gasteiger partial charge in [-0.3, -0.25) is 0 Å². The molecule has 0 amide bonds. The summed E-state index contributed by atoms with van der Waals surface area (Å²) in [5.41, 5.74) is 5.27. The maximum atomic E-state index is 9.87. The summed E-state index contributed by atoms with van der Waals surface area (Å²) in [5.74, 6) is 0. The summed E-state index contributed by atoms with van der Waals surface area (Å²) in [6, 6.07) is 30.3. The topological polar surface area (TPSA) is 36.7 Å². The number of nitrogens with zero attached hydrogens (tertiary/aromatic N) is 2. The molecule has 2 nitrogen and oxygen atoms in total. The molecular weight excluding hydrogens is 292 g/mol. The quantitative estimate of drug-likeness (QED) is 0.494. The zero-order valence-electron chi connectivity index (χ0n) is 13.0. The molecule has 0 unspecified atom stereocenters. The van der Waals surface area contributed by atoms with Crippen molar-refractivity contribution in [3.8, 4) is 28.5 Å². The van der Waals surface area contributed by atoms with E-state index in [-0.39, 0.29) is 0 Å². The predicted molar refractivity (Wildman–Crippen MR) is 97.3 cm³/mol. The third kappa shape index (κ3) is 2.33. The molecule has 0 radical (unpaired) electrons. The Balaban J connectivity index is 2.16. The first-order chi connectivity index (χ1) is 11.9. The fourth-order valence-corrected chi connectivity index (χ4v) is 3.02. The van der Waals surface area contributed by atoms with Gasteiger partial charge in [0.2, 0.25) is 0 Å². The van der Waals surface area contributed by atoms with E-state index in [0.29, 0.717) is 5.56 Å². The van der Waals surface area contributed by atoms with Gasteiger partial charge < -0.3 is 0 Å². The highest BCUT2D eigenvalue weighted by Gasteiger charge is 2.17. The molecule has 0 atom stereocenters. The van der Waals surface area contributed by atoms with Crippen LogP contribution in [-0.4, -0.2) is 4.98 Å². The summed E-state index contributed by atoms with van der Waals surface area (Å²) in [4.78, 5) is 4.88. The van der Waals surface area contributed by atoms with Gasteiger partial charge in [-0.15, -0.1) is 0 Å². The molecule has 1 aromatic heterocycles. The fourth-order valence-electron chi connectivity index (χ4n) is 3.02. The highest BCUT2D eigenvalue weighted by molar-refractivity contribution is 5.97. The molecule has 0 fully saturated rings. The van der Waals surface area contributed by atoms with E-state index >= 15 is 0 Å². The standard InChI is InChI=1S/C22H14N2/c23-15-19-18-13-7-8-14-20(18)24-22(17-11-5-2-6-12-17)21(19)16-9-3-1-4-10-16/h1-14H. The molecule has 3 aromatic carbocycles. The molecular formula is C22H14N2. The number of para-hydroxylation sites is 1. The predicted octanol–water partition coefficient (Wildman–Crippen LogP) is 5.44. The number of nitriles is 1. The molecule has 24 heavy (non-hydrogen) atoms. The number of benzene rings is 3. The summed E-state index contributed by atoms with van der Waals surface area (Å²) < 4.78 is 0. The maximum absolute atomic E-state index is 9.87. The molecule has 0 bridgehead atoms. The SMILES string of the molecule is N#Cc1c(-c2ccccc2)c(-c2ccccc2)nc2ccccc12. The van der Waals surface area contributed by atoms with E-state index < -0.39 is 0 Å². The van der Waals surface area contributed by atoms with E-state index in [0.717, 1.165) is 33.3 Å². The van der Waals surface area contributed by atoms with Crippen LogP contribution in [0.15, 0.2) is 84.9 Å². The Hall–Kier alpha value is -3.44. The first-order valence-electron chi connectivity index (χ1n) is 7.82. The van der Waals surface area contributed by atoms with E-state index in [9.17, 15) is 5.26 Å². The second-order valence-corrected chi connectivity index (χ2v) is 5.57. The summed E-state index contributed by atoms with van der Waals surface area (Å²) >= 11 is 0. The molecule has 112 valence electrons. The van der Waals surface area contributed by atoms with E-state index in [1.54, 1.807) is 0 Å². The molecule has 0 saturated carbocycles. The first kappa shape index (κ1) is 14.2. The smallest absolute Gasteiger partial charge is 0.101 e. The Bertz CT molecular complexity index is 1050. The minimum absolute atomic E-state index is 0.672. The van der Waals surface area contributed by atoms with Crippen molar-refractivity contribution in [3.05, 3.63) is 90.5 Å². The third-order valence-corrected chi connectivity index (χ3v) is 4.11. The van der Waals surface area contributed by atoms with Gasteiger partial charge in [-0.1, -0.05) is 78.9 Å². The van der Waals surface area contributed by atoms with Crippen molar-refractivity contribution in [2.24, 2.45) is 0 Å². The monoisotopic (exact) mass is 306 g/mol. The molecule has 4 rings (SSSR count). The van der Waals surface area contributed by atoms with Gasteiger partial charge in [0.05, 0.1) is 16.8 Å². The van der Waals surface area contributed by atoms with Crippen LogP contribution in [0.2, 0.25) is 0 Å². The lowest BCUT2D eigenvalue weighted by atomic mass is 9.92. The van der Waals surface area contributed by atoms with E-state index in [1.165, 1.54) is 0 Å². The van der Waals surface area contributed by atoms with Crippen LogP contribution in [0.4, 0.5) is 0 Å². The number of aromatic nitrogens is 1. The maximum Gasteiger partial charge on any atom is 0.101 e. The largest absolute Gasteiger partial charge is 0.247 e. The van der Waals surface area contributed by atoms with E-state index in [1.807, 2.05) is 84.9 Å². The van der Waals surface area contributed by atoms with Crippen LogP contribution in [0.1, 0.15) is 5.56 Å². The molecule has 2 heteroatoms. The molecule has 0 N–H and O–H groups in total. The van der Waals surface area contributed by atoms with Crippen molar-refractivity contribution in [2.75, 3.05) is 0 Å². The Morgan fingerprint density at radius 3 is 1.92 bits per heavy atom. The minimum atomic E-state index is 0.672. The zero-order valence-corrected chi connectivity index (χ0v) is 13.0. The van der Waals surface area contributed by atoms with Crippen LogP contribution in [0.25, 0.3) is 33.3 Å². The molecule has 0 saturated heterocycles. The van der Waals surface area contributed by atoms with Crippen LogP contribution >= 0.6 is 0 Å². The number of pyridine rings is 1. The highest BCUT2D eigenvalue weighted by atomic mass is 14.7. The molecule has 0 aliphatic rings. The Morgan fingerprint density at radius 2 is 1.25 bits per heavy atom. The number of hydrogen-bond acceptors (Lipinski definition) is 2. The minimum Gasteiger partial charge on any atom is -0.247 e. The van der Waals surface area contributed by atoms with Crippen molar-refractivity contribution in [1.29, 1.82) is 5.26 Å².